The van der Waals surface area contributed by atoms with Crippen molar-refractivity contribution in [1.82, 2.24) is 9.62 Å². The Kier molecular flexibility index (Phi) is 5.11. The molecule has 5 rings (SSSR count). The Bertz CT molecular complexity index is 1270. The third-order valence-electron chi connectivity index (χ3n) is 7.27. The number of nitrogens with one attached hydrogen (secondary N) is 1. The summed E-state index contributed by atoms with van der Waals surface area (Å²) in [6, 6.07) is 4.24. The van der Waals surface area contributed by atoms with Crippen molar-refractivity contribution in [3.8, 4) is 0 Å². The smallest absolute Gasteiger partial charge is 0.342 e. The molecular formula is C23H25F3N4O3S. The summed E-state index contributed by atoms with van der Waals surface area (Å²) in [5.74, 6) is 0.638. The van der Waals surface area contributed by atoms with E-state index in [1.807, 2.05) is 13.8 Å². The van der Waals surface area contributed by atoms with Gasteiger partial charge < -0.3 is 5.32 Å². The standard InChI is InChI=1S/C23H25F3N4O3S/c1-21(2)11-16-19(17(31)12-21)22(15-13-27-29-20(15)28-16)7-9-30(10-8-22)34(32,33)18-6-4-3-5-14(18)23(24,25)26/h3-6,28H,7-13H2,1-2H3. The number of dihydropyridines is 1. The summed E-state index contributed by atoms with van der Waals surface area (Å²) in [6.45, 7) is 4.36. The minimum atomic E-state index is -4.79. The van der Waals surface area contributed by atoms with Crippen molar-refractivity contribution < 1.29 is 26.4 Å². The van der Waals surface area contributed by atoms with E-state index >= 15 is 0 Å². The van der Waals surface area contributed by atoms with Crippen molar-refractivity contribution in [3.05, 3.63) is 52.5 Å². The second kappa shape index (κ2) is 7.48. The van der Waals surface area contributed by atoms with Crippen LogP contribution in [0.2, 0.25) is 0 Å². The number of rotatable bonds is 2. The fraction of sp³-hybridized carbons (Fsp3) is 0.522. The Morgan fingerprint density at radius 2 is 1.76 bits per heavy atom. The van der Waals surface area contributed by atoms with E-state index in [0.29, 0.717) is 30.8 Å². The third-order valence-corrected chi connectivity index (χ3v) is 9.23. The van der Waals surface area contributed by atoms with Gasteiger partial charge in [0.15, 0.2) is 11.6 Å². The normalized spacial score (nSPS) is 24.3. The van der Waals surface area contributed by atoms with Gasteiger partial charge in [-0.2, -0.15) is 22.6 Å². The molecule has 0 unspecified atom stereocenters. The number of carbonyl (C=O) groups is 1. The lowest BCUT2D eigenvalue weighted by atomic mass is 9.60. The van der Waals surface area contributed by atoms with Crippen LogP contribution in [0, 0.1) is 10.8 Å². The number of piperidine rings is 1. The van der Waals surface area contributed by atoms with Crippen molar-refractivity contribution in [2.45, 2.75) is 50.6 Å². The fourth-order valence-corrected chi connectivity index (χ4v) is 7.45. The topological polar surface area (TPSA) is 91.2 Å². The molecule has 4 aliphatic rings. The summed E-state index contributed by atoms with van der Waals surface area (Å²) in [4.78, 5) is 12.6. The molecule has 1 fully saturated rings. The minimum absolute atomic E-state index is 0.00123. The number of carbonyl (C=O) groups excluding carboxylic acids is 1. The van der Waals surface area contributed by atoms with Crippen LogP contribution in [0.3, 0.4) is 0 Å². The summed E-state index contributed by atoms with van der Waals surface area (Å²) < 4.78 is 68.2. The van der Waals surface area contributed by atoms with Gasteiger partial charge in [0.25, 0.3) is 0 Å². The molecular weight excluding hydrogens is 469 g/mol. The van der Waals surface area contributed by atoms with Gasteiger partial charge in [-0.15, -0.1) is 5.11 Å². The van der Waals surface area contributed by atoms with Gasteiger partial charge in [-0.05, 0) is 36.8 Å². The highest BCUT2D eigenvalue weighted by Crippen LogP contribution is 2.55. The number of sulfonamides is 1. The van der Waals surface area contributed by atoms with Crippen LogP contribution >= 0.6 is 0 Å². The third kappa shape index (κ3) is 3.51. The number of benzene rings is 1. The number of azo groups is 1. The van der Waals surface area contributed by atoms with Gasteiger partial charge in [-0.1, -0.05) is 26.0 Å². The lowest BCUT2D eigenvalue weighted by molar-refractivity contribution is -0.140. The highest BCUT2D eigenvalue weighted by molar-refractivity contribution is 7.89. The minimum Gasteiger partial charge on any atom is -0.342 e. The molecule has 0 saturated carbocycles. The Hall–Kier alpha value is -2.53. The molecule has 3 aliphatic heterocycles. The molecule has 1 spiro atoms. The van der Waals surface area contributed by atoms with Crippen LogP contribution in [0.4, 0.5) is 13.2 Å². The lowest BCUT2D eigenvalue weighted by Gasteiger charge is -2.48. The van der Waals surface area contributed by atoms with Crippen LogP contribution in [0.5, 0.6) is 0 Å². The van der Waals surface area contributed by atoms with Gasteiger partial charge in [0.05, 0.1) is 17.0 Å². The van der Waals surface area contributed by atoms with Gasteiger partial charge in [-0.3, -0.25) is 4.79 Å². The van der Waals surface area contributed by atoms with Crippen molar-refractivity contribution >= 4 is 15.8 Å². The lowest BCUT2D eigenvalue weighted by Crippen LogP contribution is -2.50. The van der Waals surface area contributed by atoms with Crippen molar-refractivity contribution in [2.75, 3.05) is 19.6 Å². The van der Waals surface area contributed by atoms with E-state index < -0.39 is 32.1 Å². The zero-order valence-electron chi connectivity index (χ0n) is 18.9. The Balaban J connectivity index is 1.50. The predicted octanol–water partition coefficient (Wildman–Crippen LogP) is 4.40. The second-order valence-electron chi connectivity index (χ2n) is 10.1. The number of Topliss-reactive ketones (excluding diaryl/α,β-unsaturated/α-hetero) is 1. The molecule has 0 atom stereocenters. The number of halogens is 3. The molecule has 0 amide bonds. The summed E-state index contributed by atoms with van der Waals surface area (Å²) in [5, 5.41) is 11.6. The van der Waals surface area contributed by atoms with Crippen LogP contribution in [0.1, 0.15) is 45.1 Å². The number of hydrogen-bond donors (Lipinski definition) is 1. The zero-order valence-corrected chi connectivity index (χ0v) is 19.7. The summed E-state index contributed by atoms with van der Waals surface area (Å²) >= 11 is 0. The van der Waals surface area contributed by atoms with E-state index in [9.17, 15) is 26.4 Å². The molecule has 1 N–H and O–H groups in total. The number of ketones is 1. The van der Waals surface area contributed by atoms with E-state index in [2.05, 4.69) is 15.5 Å². The number of allylic oxidation sites excluding steroid dienone is 2. The molecule has 34 heavy (non-hydrogen) atoms. The number of alkyl halides is 3. The molecule has 1 saturated heterocycles. The summed E-state index contributed by atoms with van der Waals surface area (Å²) in [5.41, 5.74) is 0.244. The number of nitrogens with zero attached hydrogens (tertiary/aromatic N) is 3. The maximum Gasteiger partial charge on any atom is 0.417 e. The van der Waals surface area contributed by atoms with Crippen LogP contribution in [-0.4, -0.2) is 38.1 Å². The Morgan fingerprint density at radius 3 is 2.44 bits per heavy atom. The molecule has 1 aliphatic carbocycles. The van der Waals surface area contributed by atoms with Crippen LogP contribution in [0.15, 0.2) is 62.1 Å². The van der Waals surface area contributed by atoms with E-state index in [0.717, 1.165) is 27.7 Å². The first-order valence-corrected chi connectivity index (χ1v) is 12.6. The molecule has 7 nitrogen and oxygen atoms in total. The SMILES string of the molecule is CC1(C)CC(=O)C2=C(C1)NC1=C(CN=N1)C21CCN(S(=O)(=O)c2ccccc2C(F)(F)F)CC1. The highest BCUT2D eigenvalue weighted by atomic mass is 32.2. The Labute approximate surface area is 195 Å². The van der Waals surface area contributed by atoms with Crippen molar-refractivity contribution in [3.63, 3.8) is 0 Å². The van der Waals surface area contributed by atoms with Gasteiger partial charge in [0.1, 0.15) is 0 Å². The zero-order chi connectivity index (χ0) is 24.5. The molecule has 0 aromatic heterocycles. The summed E-state index contributed by atoms with van der Waals surface area (Å²) in [6.07, 6.45) is -3.17. The second-order valence-corrected chi connectivity index (χ2v) is 12.0. The molecule has 182 valence electrons. The van der Waals surface area contributed by atoms with Gasteiger partial charge in [0.2, 0.25) is 10.0 Å². The number of hydrogen-bond acceptors (Lipinski definition) is 6. The molecule has 3 heterocycles. The molecule has 0 radical (unpaired) electrons. The van der Waals surface area contributed by atoms with Crippen LogP contribution in [0.25, 0.3) is 0 Å². The first kappa shape index (κ1) is 23.2. The first-order valence-electron chi connectivity index (χ1n) is 11.2. The largest absolute Gasteiger partial charge is 0.417 e. The number of fused-ring (bicyclic) bond motifs is 2. The Morgan fingerprint density at radius 1 is 1.09 bits per heavy atom. The van der Waals surface area contributed by atoms with E-state index in [1.54, 1.807) is 0 Å². The maximum atomic E-state index is 13.5. The van der Waals surface area contributed by atoms with Gasteiger partial charge in [-0.25, -0.2) is 8.42 Å². The summed E-state index contributed by atoms with van der Waals surface area (Å²) in [7, 11) is -4.38. The van der Waals surface area contributed by atoms with Gasteiger partial charge in [0, 0.05) is 41.8 Å². The molecule has 0 bridgehead atoms. The maximum absolute atomic E-state index is 13.5. The van der Waals surface area contributed by atoms with Crippen molar-refractivity contribution in [1.29, 1.82) is 0 Å². The van der Waals surface area contributed by atoms with Gasteiger partial charge >= 0.3 is 6.18 Å². The van der Waals surface area contributed by atoms with Crippen LogP contribution in [-0.2, 0) is 21.0 Å². The fourth-order valence-electron chi connectivity index (χ4n) is 5.79. The van der Waals surface area contributed by atoms with E-state index in [-0.39, 0.29) is 37.1 Å². The predicted molar refractivity (Wildman–Crippen MR) is 117 cm³/mol. The molecule has 1 aromatic carbocycles. The average molecular weight is 495 g/mol. The molecule has 11 heteroatoms. The highest BCUT2D eigenvalue weighted by Gasteiger charge is 2.53. The van der Waals surface area contributed by atoms with E-state index in [4.69, 9.17) is 0 Å². The van der Waals surface area contributed by atoms with E-state index in [1.165, 1.54) is 12.1 Å². The monoisotopic (exact) mass is 494 g/mol. The van der Waals surface area contributed by atoms with Crippen LogP contribution < -0.4 is 5.32 Å². The average Bonchev–Trinajstić information content (AvgIpc) is 3.21. The first-order chi connectivity index (χ1) is 15.9. The molecule has 1 aromatic rings. The quantitative estimate of drug-likeness (QED) is 0.660. The van der Waals surface area contributed by atoms with Crippen molar-refractivity contribution in [2.24, 2.45) is 21.1 Å².